The van der Waals surface area contributed by atoms with E-state index in [1.807, 2.05) is 26.2 Å². The number of carbonyl (C=O) groups is 2. The van der Waals surface area contributed by atoms with Gasteiger partial charge in [-0.05, 0) is 179 Å². The fourth-order valence-corrected chi connectivity index (χ4v) is 8.02. The third kappa shape index (κ3) is 16.9. The standard InChI is InChI=1S/2C23H25N.C4H10O.2C2H4O2.Pd/c2*1-14-9-16(3)22(17(4)10-14)20-7-8-21(24-13-20)23-18(5)11-15(2)12-19(23)6;1-3-5-4-2;2*1-2(3)4;/h2*7-13H,1-6H3;3-4H2,1-2H3;2*1H3,(H,3,4);/q;;;;;+2/p-2. The van der Waals surface area contributed by atoms with E-state index >= 15 is 0 Å². The van der Waals surface area contributed by atoms with Gasteiger partial charge >= 0.3 is 20.4 Å². The molecule has 0 aliphatic heterocycles. The van der Waals surface area contributed by atoms with Crippen LogP contribution in [0.25, 0.3) is 44.8 Å². The number of hydrogen-bond acceptors (Lipinski definition) is 7. The minimum atomic E-state index is -1.08. The number of ether oxygens (including phenoxy) is 1. The maximum atomic E-state index is 8.89. The SMILES string of the molecule is CC(=O)[O-].CC(=O)[O-].CCOCC.Cc1cc(C)c(-c2ccc(-c3c(C)cc(C)cc3C)nc2)c(C)c1.Cc1cc(C)c(-c2ccc(-c3c(C)cc(C)cc3C)nc2)c(C)c1.[Pd+2]. The molecule has 0 aliphatic carbocycles. The molecule has 4 aromatic carbocycles. The number of hydrogen-bond donors (Lipinski definition) is 0. The molecule has 0 saturated carbocycles. The second kappa shape index (κ2) is 26.3. The molecule has 0 saturated heterocycles. The van der Waals surface area contributed by atoms with Crippen molar-refractivity contribution in [1.82, 2.24) is 9.97 Å². The molecule has 0 unspecified atom stereocenters. The normalized spacial score (nSPS) is 9.94. The van der Waals surface area contributed by atoms with Crippen molar-refractivity contribution >= 4 is 11.9 Å². The number of carboxylic acid groups (broad SMARTS) is 2. The van der Waals surface area contributed by atoms with Crippen LogP contribution in [0, 0.1) is 83.1 Å². The van der Waals surface area contributed by atoms with Crippen LogP contribution in [-0.2, 0) is 34.7 Å². The summed E-state index contributed by atoms with van der Waals surface area (Å²) in [5.74, 6) is -2.17. The van der Waals surface area contributed by atoms with Gasteiger partial charge in [0, 0.05) is 59.8 Å². The molecule has 0 spiro atoms. The van der Waals surface area contributed by atoms with Gasteiger partial charge in [-0.15, -0.1) is 0 Å². The van der Waals surface area contributed by atoms with Gasteiger partial charge in [-0.3, -0.25) is 9.97 Å². The van der Waals surface area contributed by atoms with Crippen molar-refractivity contribution in [1.29, 1.82) is 0 Å². The summed E-state index contributed by atoms with van der Waals surface area (Å²) >= 11 is 0. The zero-order valence-electron chi connectivity index (χ0n) is 39.7. The molecule has 0 amide bonds. The van der Waals surface area contributed by atoms with Gasteiger partial charge < -0.3 is 24.5 Å². The van der Waals surface area contributed by atoms with Gasteiger partial charge in [0.2, 0.25) is 0 Å². The molecule has 0 radical (unpaired) electrons. The first-order valence-electron chi connectivity index (χ1n) is 20.8. The zero-order valence-corrected chi connectivity index (χ0v) is 41.3. The topological polar surface area (TPSA) is 115 Å². The molecule has 0 bridgehead atoms. The van der Waals surface area contributed by atoms with Crippen molar-refractivity contribution in [2.24, 2.45) is 0 Å². The van der Waals surface area contributed by atoms with Gasteiger partial charge in [-0.1, -0.05) is 82.9 Å². The van der Waals surface area contributed by atoms with Gasteiger partial charge in [0.15, 0.2) is 0 Å². The second-order valence-electron chi connectivity index (χ2n) is 15.7. The van der Waals surface area contributed by atoms with Crippen molar-refractivity contribution in [3.63, 3.8) is 0 Å². The molecule has 6 rings (SSSR count). The summed E-state index contributed by atoms with van der Waals surface area (Å²) in [5, 5.41) is 17.8. The molecule has 0 aliphatic rings. The van der Waals surface area contributed by atoms with Gasteiger partial charge in [0.25, 0.3) is 0 Å². The maximum absolute atomic E-state index is 8.89. The quantitative estimate of drug-likeness (QED) is 0.153. The first-order chi connectivity index (χ1) is 28.6. The summed E-state index contributed by atoms with van der Waals surface area (Å²) in [4.78, 5) is 27.3. The first kappa shape index (κ1) is 54.8. The number of nitrogens with zero attached hydrogens (tertiary/aromatic N) is 2. The Labute approximate surface area is 385 Å². The van der Waals surface area contributed by atoms with E-state index < -0.39 is 11.9 Å². The van der Waals surface area contributed by atoms with E-state index in [0.29, 0.717) is 0 Å². The Hall–Kier alpha value is -5.26. The molecule has 0 atom stereocenters. The van der Waals surface area contributed by atoms with E-state index in [2.05, 4.69) is 156 Å². The Kier molecular flexibility index (Phi) is 23.2. The first-order valence-corrected chi connectivity index (χ1v) is 20.8. The number of aromatic nitrogens is 2. The minimum absolute atomic E-state index is 0. The molecule has 62 heavy (non-hydrogen) atoms. The van der Waals surface area contributed by atoms with Crippen LogP contribution in [0.4, 0.5) is 0 Å². The van der Waals surface area contributed by atoms with Crippen LogP contribution in [-0.4, -0.2) is 35.1 Å². The molecule has 332 valence electrons. The third-order valence-corrected chi connectivity index (χ3v) is 9.73. The molecule has 8 heteroatoms. The number of carboxylic acids is 2. The number of rotatable bonds is 6. The summed E-state index contributed by atoms with van der Waals surface area (Å²) in [6, 6.07) is 26.6. The van der Waals surface area contributed by atoms with Crippen molar-refractivity contribution in [3.8, 4) is 44.8 Å². The number of aliphatic carboxylic acids is 2. The molecular weight excluding hydrogens is 863 g/mol. The number of pyridine rings is 2. The second-order valence-corrected chi connectivity index (χ2v) is 15.7. The zero-order chi connectivity index (χ0) is 46.1. The van der Waals surface area contributed by atoms with Crippen LogP contribution in [0.2, 0.25) is 0 Å². The monoisotopic (exact) mass is 928 g/mol. The fraction of sp³-hybridized carbons (Fsp3) is 0.333. The number of carbonyl (C=O) groups excluding carboxylic acids is 2. The van der Waals surface area contributed by atoms with E-state index in [1.54, 1.807) is 0 Å². The average molecular weight is 930 g/mol. The van der Waals surface area contributed by atoms with Crippen LogP contribution in [0.3, 0.4) is 0 Å². The van der Waals surface area contributed by atoms with E-state index in [9.17, 15) is 0 Å². The van der Waals surface area contributed by atoms with E-state index in [0.717, 1.165) is 38.4 Å². The van der Waals surface area contributed by atoms with Gasteiger partial charge in [-0.2, -0.15) is 0 Å². The Bertz CT molecular complexity index is 1980. The molecule has 0 fully saturated rings. The van der Waals surface area contributed by atoms with E-state index in [1.165, 1.54) is 100 Å². The summed E-state index contributed by atoms with van der Waals surface area (Å²) in [5.41, 5.74) is 25.2. The molecule has 2 heterocycles. The van der Waals surface area contributed by atoms with Crippen LogP contribution in [0.15, 0.2) is 85.2 Å². The summed E-state index contributed by atoms with van der Waals surface area (Å²) < 4.78 is 4.83. The smallest absolute Gasteiger partial charge is 0.550 e. The predicted molar refractivity (Wildman–Crippen MR) is 251 cm³/mol. The van der Waals surface area contributed by atoms with Crippen LogP contribution in [0.1, 0.15) is 94.5 Å². The molecule has 0 N–H and O–H groups in total. The fourth-order valence-electron chi connectivity index (χ4n) is 8.02. The minimum Gasteiger partial charge on any atom is -0.550 e. The van der Waals surface area contributed by atoms with Gasteiger partial charge in [-0.25, -0.2) is 0 Å². The largest absolute Gasteiger partial charge is 2.00 e. The molecular formula is C54H66N2O5Pd. The number of benzene rings is 4. The van der Waals surface area contributed by atoms with Crippen molar-refractivity contribution in [2.45, 2.75) is 111 Å². The van der Waals surface area contributed by atoms with Crippen molar-refractivity contribution < 1.29 is 45.0 Å². The van der Waals surface area contributed by atoms with E-state index in [-0.39, 0.29) is 20.4 Å². The summed E-state index contributed by atoms with van der Waals surface area (Å²) in [6.07, 6.45) is 4.03. The summed E-state index contributed by atoms with van der Waals surface area (Å²) in [6.45, 7) is 33.6. The van der Waals surface area contributed by atoms with Crippen molar-refractivity contribution in [2.75, 3.05) is 13.2 Å². The van der Waals surface area contributed by atoms with Crippen LogP contribution >= 0.6 is 0 Å². The maximum Gasteiger partial charge on any atom is 2.00 e. The Morgan fingerprint density at radius 1 is 0.435 bits per heavy atom. The van der Waals surface area contributed by atoms with Crippen LogP contribution < -0.4 is 10.2 Å². The summed E-state index contributed by atoms with van der Waals surface area (Å²) in [7, 11) is 0. The van der Waals surface area contributed by atoms with E-state index in [4.69, 9.17) is 34.5 Å². The number of aryl methyl sites for hydroxylation is 12. The Morgan fingerprint density at radius 3 is 0.806 bits per heavy atom. The van der Waals surface area contributed by atoms with Crippen LogP contribution in [0.5, 0.6) is 0 Å². The Morgan fingerprint density at radius 2 is 0.645 bits per heavy atom. The Balaban J connectivity index is 0.000000478. The molecule has 6 aromatic rings. The molecule has 7 nitrogen and oxygen atoms in total. The van der Waals surface area contributed by atoms with Gasteiger partial charge in [0.05, 0.1) is 11.4 Å². The molecule has 2 aromatic heterocycles. The third-order valence-electron chi connectivity index (χ3n) is 9.73. The average Bonchev–Trinajstić information content (AvgIpc) is 3.12. The van der Waals surface area contributed by atoms with Gasteiger partial charge in [0.1, 0.15) is 0 Å². The predicted octanol–water partition coefficient (Wildman–Crippen LogP) is 11.1. The van der Waals surface area contributed by atoms with Crippen molar-refractivity contribution in [3.05, 3.63) is 152 Å².